The van der Waals surface area contributed by atoms with Crippen molar-refractivity contribution in [1.29, 1.82) is 0 Å². The van der Waals surface area contributed by atoms with E-state index in [4.69, 9.17) is 0 Å². The van der Waals surface area contributed by atoms with Crippen LogP contribution in [0.3, 0.4) is 0 Å². The molecule has 4 heteroatoms. The van der Waals surface area contributed by atoms with E-state index in [0.29, 0.717) is 5.57 Å². The summed E-state index contributed by atoms with van der Waals surface area (Å²) in [6.45, 7) is 11.5. The number of nitrogens with one attached hydrogen (secondary N) is 2. The van der Waals surface area contributed by atoms with E-state index in [9.17, 15) is 9.59 Å². The minimum atomic E-state index is -0.499. The molecule has 0 bridgehead atoms. The Morgan fingerprint density at radius 2 is 1.53 bits per heavy atom. The molecule has 0 aliphatic heterocycles. The van der Waals surface area contributed by atoms with Crippen molar-refractivity contribution in [3.05, 3.63) is 23.8 Å². The topological polar surface area (TPSA) is 58.2 Å². The lowest BCUT2D eigenvalue weighted by atomic mass is 9.97. The summed E-state index contributed by atoms with van der Waals surface area (Å²) in [6, 6.07) is 0. The summed E-state index contributed by atoms with van der Waals surface area (Å²) in [6.07, 6.45) is 5.21. The lowest BCUT2D eigenvalue weighted by Crippen LogP contribution is -2.46. The Hall–Kier alpha value is -1.58. The molecule has 0 aromatic heterocycles. The molecule has 0 saturated carbocycles. The van der Waals surface area contributed by atoms with Gasteiger partial charge in [0.05, 0.1) is 5.92 Å². The zero-order valence-electron chi connectivity index (χ0n) is 12.6. The van der Waals surface area contributed by atoms with E-state index in [1.165, 1.54) is 0 Å². The fraction of sp³-hybridized carbons (Fsp3) is 0.600. The summed E-state index contributed by atoms with van der Waals surface area (Å²) in [5, 5.41) is 5.78. The van der Waals surface area contributed by atoms with Crippen LogP contribution in [0.1, 0.15) is 41.5 Å². The molecular weight excluding hydrogens is 240 g/mol. The van der Waals surface area contributed by atoms with Crippen molar-refractivity contribution >= 4 is 11.8 Å². The Bertz CT molecular complexity index is 434. The summed E-state index contributed by atoms with van der Waals surface area (Å²) in [5.41, 5.74) is -0.123. The summed E-state index contributed by atoms with van der Waals surface area (Å²) >= 11 is 0. The number of allylic oxidation sites excluding steroid dienone is 2. The van der Waals surface area contributed by atoms with Gasteiger partial charge in [0.2, 0.25) is 11.8 Å². The van der Waals surface area contributed by atoms with E-state index in [1.54, 1.807) is 18.2 Å². The standard InChI is InChI=1S/C15H24N2O2/c1-14(2,3)16-12(18)10-8-7-9-11(10)13(19)17-15(4,5)6/h7-10H,1-6H3,(H,16,18)(H,17,19). The van der Waals surface area contributed by atoms with Gasteiger partial charge < -0.3 is 10.6 Å². The second-order valence-electron chi connectivity index (χ2n) is 6.93. The van der Waals surface area contributed by atoms with Gasteiger partial charge in [-0.25, -0.2) is 0 Å². The normalized spacial score (nSPS) is 19.1. The first kappa shape index (κ1) is 15.5. The first-order valence-electron chi connectivity index (χ1n) is 6.52. The molecule has 0 aromatic carbocycles. The second-order valence-corrected chi connectivity index (χ2v) is 6.93. The van der Waals surface area contributed by atoms with Gasteiger partial charge in [-0.3, -0.25) is 9.59 Å². The highest BCUT2D eigenvalue weighted by molar-refractivity contribution is 6.02. The van der Waals surface area contributed by atoms with Crippen molar-refractivity contribution in [2.75, 3.05) is 0 Å². The van der Waals surface area contributed by atoms with Crippen LogP contribution in [0.25, 0.3) is 0 Å². The minimum absolute atomic E-state index is 0.142. The van der Waals surface area contributed by atoms with E-state index in [1.807, 2.05) is 41.5 Å². The molecule has 1 unspecified atom stereocenters. The number of carbonyl (C=O) groups excluding carboxylic acids is 2. The Kier molecular flexibility index (Phi) is 4.23. The van der Waals surface area contributed by atoms with Crippen LogP contribution in [0.4, 0.5) is 0 Å². The third-order valence-corrected chi connectivity index (χ3v) is 2.45. The van der Waals surface area contributed by atoms with Crippen molar-refractivity contribution in [2.45, 2.75) is 52.6 Å². The van der Waals surface area contributed by atoms with Gasteiger partial charge in [0.1, 0.15) is 0 Å². The van der Waals surface area contributed by atoms with Gasteiger partial charge in [-0.05, 0) is 41.5 Å². The molecule has 1 atom stereocenters. The van der Waals surface area contributed by atoms with Crippen LogP contribution >= 0.6 is 0 Å². The fourth-order valence-electron chi connectivity index (χ4n) is 1.78. The van der Waals surface area contributed by atoms with E-state index in [0.717, 1.165) is 0 Å². The van der Waals surface area contributed by atoms with Gasteiger partial charge >= 0.3 is 0 Å². The molecule has 2 amide bonds. The molecule has 1 rings (SSSR count). The Morgan fingerprint density at radius 1 is 1.00 bits per heavy atom. The van der Waals surface area contributed by atoms with Gasteiger partial charge in [0.25, 0.3) is 0 Å². The lowest BCUT2D eigenvalue weighted by molar-refractivity contribution is -0.126. The molecule has 1 aliphatic rings. The van der Waals surface area contributed by atoms with Gasteiger partial charge in [-0.1, -0.05) is 18.2 Å². The molecule has 2 N–H and O–H groups in total. The molecule has 0 saturated heterocycles. The largest absolute Gasteiger partial charge is 0.351 e. The summed E-state index contributed by atoms with van der Waals surface area (Å²) < 4.78 is 0. The molecule has 0 radical (unpaired) electrons. The number of hydrogen-bond acceptors (Lipinski definition) is 2. The highest BCUT2D eigenvalue weighted by Gasteiger charge is 2.31. The maximum atomic E-state index is 12.2. The van der Waals surface area contributed by atoms with Crippen molar-refractivity contribution in [3.63, 3.8) is 0 Å². The Balaban J connectivity index is 2.76. The van der Waals surface area contributed by atoms with Crippen molar-refractivity contribution < 1.29 is 9.59 Å². The highest BCUT2D eigenvalue weighted by Crippen LogP contribution is 2.21. The third-order valence-electron chi connectivity index (χ3n) is 2.45. The zero-order valence-corrected chi connectivity index (χ0v) is 12.6. The van der Waals surface area contributed by atoms with E-state index < -0.39 is 5.92 Å². The molecule has 106 valence electrons. The van der Waals surface area contributed by atoms with Crippen molar-refractivity contribution in [1.82, 2.24) is 10.6 Å². The third kappa shape index (κ3) is 4.89. The molecule has 0 fully saturated rings. The second kappa shape index (κ2) is 5.19. The maximum absolute atomic E-state index is 12.2. The number of rotatable bonds is 2. The van der Waals surface area contributed by atoms with Gasteiger partial charge in [-0.2, -0.15) is 0 Å². The van der Waals surface area contributed by atoms with E-state index in [2.05, 4.69) is 10.6 Å². The van der Waals surface area contributed by atoms with Crippen molar-refractivity contribution in [2.24, 2.45) is 5.92 Å². The molecule has 0 aromatic rings. The van der Waals surface area contributed by atoms with Gasteiger partial charge in [0, 0.05) is 16.7 Å². The lowest BCUT2D eigenvalue weighted by Gasteiger charge is -2.25. The highest BCUT2D eigenvalue weighted by atomic mass is 16.2. The maximum Gasteiger partial charge on any atom is 0.248 e. The van der Waals surface area contributed by atoms with Gasteiger partial charge in [0.15, 0.2) is 0 Å². The van der Waals surface area contributed by atoms with Gasteiger partial charge in [-0.15, -0.1) is 0 Å². The van der Waals surface area contributed by atoms with Crippen LogP contribution in [-0.2, 0) is 9.59 Å². The van der Waals surface area contributed by atoms with Crippen LogP contribution in [0.2, 0.25) is 0 Å². The molecule has 1 aliphatic carbocycles. The zero-order chi connectivity index (χ0) is 14.8. The number of carbonyl (C=O) groups is 2. The van der Waals surface area contributed by atoms with Crippen LogP contribution in [0.15, 0.2) is 23.8 Å². The molecule has 0 heterocycles. The van der Waals surface area contributed by atoms with E-state index in [-0.39, 0.29) is 22.9 Å². The molecule has 19 heavy (non-hydrogen) atoms. The van der Waals surface area contributed by atoms with E-state index >= 15 is 0 Å². The van der Waals surface area contributed by atoms with Crippen LogP contribution in [0, 0.1) is 5.92 Å². The SMILES string of the molecule is CC(C)(C)NC(=O)C1=CC=CC1C(=O)NC(C)(C)C. The quantitative estimate of drug-likeness (QED) is 0.800. The predicted octanol–water partition coefficient (Wildman–Crippen LogP) is 1.93. The molecule has 0 spiro atoms. The average molecular weight is 264 g/mol. The average Bonchev–Trinajstić information content (AvgIpc) is 2.59. The summed E-state index contributed by atoms with van der Waals surface area (Å²) in [4.78, 5) is 24.3. The van der Waals surface area contributed by atoms with Crippen LogP contribution in [0.5, 0.6) is 0 Å². The smallest absolute Gasteiger partial charge is 0.248 e. The number of amides is 2. The van der Waals surface area contributed by atoms with Crippen molar-refractivity contribution in [3.8, 4) is 0 Å². The Morgan fingerprint density at radius 3 is 2.00 bits per heavy atom. The predicted molar refractivity (Wildman–Crippen MR) is 76.5 cm³/mol. The first-order valence-corrected chi connectivity index (χ1v) is 6.52. The van der Waals surface area contributed by atoms with Crippen LogP contribution in [-0.4, -0.2) is 22.9 Å². The molecular formula is C15H24N2O2. The first-order chi connectivity index (χ1) is 8.49. The summed E-state index contributed by atoms with van der Waals surface area (Å²) in [7, 11) is 0. The monoisotopic (exact) mass is 264 g/mol. The number of hydrogen-bond donors (Lipinski definition) is 2. The minimum Gasteiger partial charge on any atom is -0.351 e. The Labute approximate surface area is 115 Å². The fourth-order valence-corrected chi connectivity index (χ4v) is 1.78. The molecule has 4 nitrogen and oxygen atoms in total. The summed E-state index contributed by atoms with van der Waals surface area (Å²) in [5.74, 6) is -0.829. The van der Waals surface area contributed by atoms with Crippen LogP contribution < -0.4 is 10.6 Å².